The van der Waals surface area contributed by atoms with Gasteiger partial charge in [0.2, 0.25) is 0 Å². The first kappa shape index (κ1) is 14.0. The average molecular weight is 297 g/mol. The van der Waals surface area contributed by atoms with Crippen molar-refractivity contribution in [3.05, 3.63) is 42.0 Å². The van der Waals surface area contributed by atoms with Crippen LogP contribution in [0.25, 0.3) is 0 Å². The zero-order valence-corrected chi connectivity index (χ0v) is 11.6. The standard InChI is InChI=1S/C14H17BrO2/c1-17-13-9-7-12(8-10-13)14(16)6-4-2-3-5-11-15/h4,6-10H,2-3,5,11H2,1H3/b6-4+. The number of hydrogen-bond donors (Lipinski definition) is 0. The second kappa shape index (κ2) is 8.07. The lowest BCUT2D eigenvalue weighted by Gasteiger charge is -2.00. The molecule has 0 aliphatic carbocycles. The Labute approximate surface area is 111 Å². The van der Waals surface area contributed by atoms with Gasteiger partial charge in [-0.2, -0.15) is 0 Å². The van der Waals surface area contributed by atoms with Crippen LogP contribution in [0.15, 0.2) is 36.4 Å². The van der Waals surface area contributed by atoms with Crippen molar-refractivity contribution >= 4 is 21.7 Å². The molecule has 0 amide bonds. The van der Waals surface area contributed by atoms with Gasteiger partial charge >= 0.3 is 0 Å². The van der Waals surface area contributed by atoms with Crippen molar-refractivity contribution in [1.82, 2.24) is 0 Å². The molecule has 0 saturated heterocycles. The number of unbranched alkanes of at least 4 members (excludes halogenated alkanes) is 2. The third kappa shape index (κ3) is 5.18. The monoisotopic (exact) mass is 296 g/mol. The van der Waals surface area contributed by atoms with E-state index in [-0.39, 0.29) is 5.78 Å². The molecule has 92 valence electrons. The molecule has 17 heavy (non-hydrogen) atoms. The normalized spacial score (nSPS) is 10.7. The molecule has 0 radical (unpaired) electrons. The van der Waals surface area contributed by atoms with Crippen molar-refractivity contribution in [1.29, 1.82) is 0 Å². The van der Waals surface area contributed by atoms with Crippen LogP contribution < -0.4 is 4.74 Å². The molecule has 1 aromatic rings. The second-order valence-electron chi connectivity index (χ2n) is 3.68. The van der Waals surface area contributed by atoms with E-state index in [1.807, 2.05) is 6.08 Å². The molecule has 1 aromatic carbocycles. The molecule has 0 N–H and O–H groups in total. The van der Waals surface area contributed by atoms with E-state index in [4.69, 9.17) is 4.74 Å². The van der Waals surface area contributed by atoms with E-state index in [1.165, 1.54) is 0 Å². The third-order valence-corrected chi connectivity index (χ3v) is 2.96. The topological polar surface area (TPSA) is 26.3 Å². The molecule has 0 bridgehead atoms. The molecule has 2 nitrogen and oxygen atoms in total. The number of rotatable bonds is 7. The van der Waals surface area contributed by atoms with Crippen LogP contribution in [0.4, 0.5) is 0 Å². The number of carbonyl (C=O) groups is 1. The summed E-state index contributed by atoms with van der Waals surface area (Å²) < 4.78 is 5.04. The Balaban J connectivity index is 2.46. The number of alkyl halides is 1. The fraction of sp³-hybridized carbons (Fsp3) is 0.357. The molecule has 1 rings (SSSR count). The van der Waals surface area contributed by atoms with Gasteiger partial charge in [-0.1, -0.05) is 22.0 Å². The van der Waals surface area contributed by atoms with Crippen molar-refractivity contribution in [2.75, 3.05) is 12.4 Å². The summed E-state index contributed by atoms with van der Waals surface area (Å²) in [5.74, 6) is 0.814. The highest BCUT2D eigenvalue weighted by Crippen LogP contribution is 2.12. The Hall–Kier alpha value is -1.09. The van der Waals surface area contributed by atoms with Crippen molar-refractivity contribution in [2.24, 2.45) is 0 Å². The second-order valence-corrected chi connectivity index (χ2v) is 4.47. The van der Waals surface area contributed by atoms with Crippen molar-refractivity contribution < 1.29 is 9.53 Å². The summed E-state index contributed by atoms with van der Waals surface area (Å²) in [7, 11) is 1.61. The number of halogens is 1. The summed E-state index contributed by atoms with van der Waals surface area (Å²) in [6.07, 6.45) is 6.79. The number of ketones is 1. The minimum atomic E-state index is 0.0477. The van der Waals surface area contributed by atoms with Gasteiger partial charge in [-0.3, -0.25) is 4.79 Å². The Morgan fingerprint density at radius 3 is 2.59 bits per heavy atom. The lowest BCUT2D eigenvalue weighted by atomic mass is 10.1. The first-order valence-electron chi connectivity index (χ1n) is 5.69. The van der Waals surface area contributed by atoms with Crippen LogP contribution in [0.1, 0.15) is 29.6 Å². The van der Waals surface area contributed by atoms with Gasteiger partial charge in [-0.05, 0) is 49.6 Å². The van der Waals surface area contributed by atoms with Crippen LogP contribution in [0.5, 0.6) is 5.75 Å². The van der Waals surface area contributed by atoms with Crippen LogP contribution in [0.3, 0.4) is 0 Å². The molecule has 0 aliphatic rings. The van der Waals surface area contributed by atoms with Crippen LogP contribution in [-0.2, 0) is 0 Å². The first-order chi connectivity index (χ1) is 8.27. The summed E-state index contributed by atoms with van der Waals surface area (Å²) >= 11 is 3.38. The summed E-state index contributed by atoms with van der Waals surface area (Å²) in [5.41, 5.74) is 0.697. The molecule has 0 fully saturated rings. The van der Waals surface area contributed by atoms with Crippen LogP contribution in [0.2, 0.25) is 0 Å². The van der Waals surface area contributed by atoms with E-state index in [2.05, 4.69) is 15.9 Å². The van der Waals surface area contributed by atoms with E-state index in [0.717, 1.165) is 30.3 Å². The van der Waals surface area contributed by atoms with Gasteiger partial charge in [0, 0.05) is 10.9 Å². The highest BCUT2D eigenvalue weighted by molar-refractivity contribution is 9.09. The van der Waals surface area contributed by atoms with Gasteiger partial charge in [-0.15, -0.1) is 0 Å². The van der Waals surface area contributed by atoms with Crippen LogP contribution in [0, 0.1) is 0 Å². The molecule has 0 heterocycles. The predicted octanol–water partition coefficient (Wildman–Crippen LogP) is 4.00. The van der Waals surface area contributed by atoms with Gasteiger partial charge in [-0.25, -0.2) is 0 Å². The van der Waals surface area contributed by atoms with Crippen LogP contribution in [-0.4, -0.2) is 18.2 Å². The largest absolute Gasteiger partial charge is 0.497 e. The zero-order chi connectivity index (χ0) is 12.5. The molecule has 0 unspecified atom stereocenters. The van der Waals surface area contributed by atoms with E-state index in [9.17, 15) is 4.79 Å². The average Bonchev–Trinajstić information content (AvgIpc) is 2.38. The predicted molar refractivity (Wildman–Crippen MR) is 74.1 cm³/mol. The Morgan fingerprint density at radius 1 is 1.29 bits per heavy atom. The van der Waals surface area contributed by atoms with Crippen molar-refractivity contribution in [3.8, 4) is 5.75 Å². The summed E-state index contributed by atoms with van der Waals surface area (Å²) in [6, 6.07) is 7.16. The highest BCUT2D eigenvalue weighted by Gasteiger charge is 2.00. The lowest BCUT2D eigenvalue weighted by Crippen LogP contribution is -1.94. The first-order valence-corrected chi connectivity index (χ1v) is 6.81. The van der Waals surface area contributed by atoms with Gasteiger partial charge in [0.05, 0.1) is 7.11 Å². The Kier molecular flexibility index (Phi) is 6.63. The van der Waals surface area contributed by atoms with Crippen LogP contribution >= 0.6 is 15.9 Å². The molecule has 3 heteroatoms. The third-order valence-electron chi connectivity index (χ3n) is 2.40. The smallest absolute Gasteiger partial charge is 0.185 e. The summed E-state index contributed by atoms with van der Waals surface area (Å²) in [4.78, 5) is 11.7. The maximum absolute atomic E-state index is 11.7. The lowest BCUT2D eigenvalue weighted by molar-refractivity contribution is 0.104. The summed E-state index contributed by atoms with van der Waals surface area (Å²) in [6.45, 7) is 0. The number of methoxy groups -OCH3 is 1. The van der Waals surface area contributed by atoms with E-state index in [0.29, 0.717) is 5.56 Å². The Bertz CT molecular complexity index is 368. The minimum absolute atomic E-state index is 0.0477. The van der Waals surface area contributed by atoms with Crippen molar-refractivity contribution in [2.45, 2.75) is 19.3 Å². The van der Waals surface area contributed by atoms with E-state index in [1.54, 1.807) is 37.5 Å². The number of allylic oxidation sites excluding steroid dienone is 2. The van der Waals surface area contributed by atoms with Gasteiger partial charge < -0.3 is 4.74 Å². The minimum Gasteiger partial charge on any atom is -0.497 e. The maximum Gasteiger partial charge on any atom is 0.185 e. The molecule has 0 aliphatic heterocycles. The Morgan fingerprint density at radius 2 is 2.00 bits per heavy atom. The van der Waals surface area contributed by atoms with Crippen molar-refractivity contribution in [3.63, 3.8) is 0 Å². The molecule has 0 spiro atoms. The number of carbonyl (C=O) groups excluding carboxylic acids is 1. The van der Waals surface area contributed by atoms with Gasteiger partial charge in [0.15, 0.2) is 5.78 Å². The number of benzene rings is 1. The van der Waals surface area contributed by atoms with Gasteiger partial charge in [0.25, 0.3) is 0 Å². The number of ether oxygens (including phenoxy) is 1. The molecule has 0 saturated carbocycles. The molecule has 0 aromatic heterocycles. The summed E-state index contributed by atoms with van der Waals surface area (Å²) in [5, 5.41) is 1.02. The quantitative estimate of drug-likeness (QED) is 0.329. The van der Waals surface area contributed by atoms with E-state index < -0.39 is 0 Å². The zero-order valence-electron chi connectivity index (χ0n) is 9.99. The SMILES string of the molecule is COc1ccc(C(=O)/C=C/CCCCBr)cc1. The molecular weight excluding hydrogens is 280 g/mol. The number of hydrogen-bond acceptors (Lipinski definition) is 2. The fourth-order valence-electron chi connectivity index (χ4n) is 1.40. The molecule has 0 atom stereocenters. The highest BCUT2D eigenvalue weighted by atomic mass is 79.9. The maximum atomic E-state index is 11.7. The van der Waals surface area contributed by atoms with E-state index >= 15 is 0 Å². The van der Waals surface area contributed by atoms with Gasteiger partial charge in [0.1, 0.15) is 5.75 Å². The molecular formula is C14H17BrO2. The fourth-order valence-corrected chi connectivity index (χ4v) is 1.80.